The van der Waals surface area contributed by atoms with E-state index in [9.17, 15) is 19.2 Å². The van der Waals surface area contributed by atoms with Crippen LogP contribution < -0.4 is 5.32 Å². The normalized spacial score (nSPS) is 13.2. The summed E-state index contributed by atoms with van der Waals surface area (Å²) in [5, 5.41) is 3.02. The van der Waals surface area contributed by atoms with Crippen LogP contribution in [0.1, 0.15) is 64.4 Å². The van der Waals surface area contributed by atoms with E-state index < -0.39 is 6.04 Å². The molecule has 1 aliphatic heterocycles. The molecule has 4 rings (SSSR count). The quantitative estimate of drug-likeness (QED) is 0.261. The van der Waals surface area contributed by atoms with Gasteiger partial charge in [0.2, 0.25) is 11.8 Å². The van der Waals surface area contributed by atoms with E-state index in [1.54, 1.807) is 29.2 Å². The summed E-state index contributed by atoms with van der Waals surface area (Å²) in [6.45, 7) is 3.04. The molecule has 4 amide bonds. The van der Waals surface area contributed by atoms with Crippen LogP contribution in [0.25, 0.3) is 0 Å². The molecule has 3 aromatic rings. The van der Waals surface area contributed by atoms with Crippen LogP contribution in [-0.2, 0) is 22.6 Å². The molecule has 7 nitrogen and oxygen atoms in total. The fourth-order valence-electron chi connectivity index (χ4n) is 4.81. The van der Waals surface area contributed by atoms with Crippen LogP contribution in [0, 0.1) is 0 Å². The summed E-state index contributed by atoms with van der Waals surface area (Å²) in [6, 6.07) is 25.4. The van der Waals surface area contributed by atoms with Gasteiger partial charge in [0, 0.05) is 32.5 Å². The van der Waals surface area contributed by atoms with Crippen molar-refractivity contribution in [2.24, 2.45) is 0 Å². The van der Waals surface area contributed by atoms with Gasteiger partial charge in [0.1, 0.15) is 6.04 Å². The van der Waals surface area contributed by atoms with Gasteiger partial charge >= 0.3 is 0 Å². The molecule has 0 saturated carbocycles. The highest BCUT2D eigenvalue weighted by Crippen LogP contribution is 2.23. The molecule has 0 bridgehead atoms. The number of benzene rings is 3. The number of hydrogen-bond acceptors (Lipinski definition) is 4. The molecule has 0 unspecified atom stereocenters. The zero-order chi connectivity index (χ0) is 27.6. The van der Waals surface area contributed by atoms with Gasteiger partial charge < -0.3 is 10.2 Å². The minimum Gasteiger partial charge on any atom is -0.354 e. The van der Waals surface area contributed by atoms with Crippen molar-refractivity contribution in [3.8, 4) is 0 Å². The first-order valence-corrected chi connectivity index (χ1v) is 13.6. The molecule has 0 spiro atoms. The lowest BCUT2D eigenvalue weighted by molar-refractivity contribution is -0.141. The van der Waals surface area contributed by atoms with E-state index in [1.165, 1.54) is 4.90 Å². The van der Waals surface area contributed by atoms with Crippen LogP contribution in [-0.4, -0.2) is 52.6 Å². The van der Waals surface area contributed by atoms with Crippen molar-refractivity contribution < 1.29 is 19.2 Å². The predicted octanol–water partition coefficient (Wildman–Crippen LogP) is 4.62. The lowest BCUT2D eigenvalue weighted by Gasteiger charge is -2.32. The van der Waals surface area contributed by atoms with Crippen LogP contribution in [0.4, 0.5) is 0 Å². The topological polar surface area (TPSA) is 86.8 Å². The Bertz CT molecular complexity index is 1260. The summed E-state index contributed by atoms with van der Waals surface area (Å²) < 4.78 is 0. The van der Waals surface area contributed by atoms with Crippen molar-refractivity contribution in [3.63, 3.8) is 0 Å². The number of nitrogens with one attached hydrogen (secondary N) is 1. The third kappa shape index (κ3) is 6.99. The maximum atomic E-state index is 13.7. The Morgan fingerprint density at radius 1 is 0.795 bits per heavy atom. The SMILES string of the molecule is CCCCNC(=O)[C@H](Cc1ccccc1)N(Cc1ccccc1)C(=O)CCCN1C(=O)c2ccccc2C1=O. The Kier molecular flexibility index (Phi) is 9.62. The average molecular weight is 526 g/mol. The highest BCUT2D eigenvalue weighted by molar-refractivity contribution is 6.21. The van der Waals surface area contributed by atoms with Crippen LogP contribution in [0.3, 0.4) is 0 Å². The van der Waals surface area contributed by atoms with Crippen molar-refractivity contribution in [1.82, 2.24) is 15.1 Å². The minimum absolute atomic E-state index is 0.105. The van der Waals surface area contributed by atoms with Crippen molar-refractivity contribution in [1.29, 1.82) is 0 Å². The number of imide groups is 1. The summed E-state index contributed by atoms with van der Waals surface area (Å²) >= 11 is 0. The number of carbonyl (C=O) groups excluding carboxylic acids is 4. The number of hydrogen-bond donors (Lipinski definition) is 1. The second kappa shape index (κ2) is 13.5. The van der Waals surface area contributed by atoms with E-state index in [-0.39, 0.29) is 43.1 Å². The van der Waals surface area contributed by atoms with E-state index in [0.717, 1.165) is 24.0 Å². The molecule has 0 aliphatic carbocycles. The van der Waals surface area contributed by atoms with E-state index in [0.29, 0.717) is 30.5 Å². The van der Waals surface area contributed by atoms with Gasteiger partial charge in [0.25, 0.3) is 11.8 Å². The fraction of sp³-hybridized carbons (Fsp3) is 0.312. The number of nitrogens with zero attached hydrogens (tertiary/aromatic N) is 2. The van der Waals surface area contributed by atoms with Gasteiger partial charge in [0.05, 0.1) is 11.1 Å². The molecule has 1 heterocycles. The summed E-state index contributed by atoms with van der Waals surface area (Å²) in [4.78, 5) is 55.5. The maximum Gasteiger partial charge on any atom is 0.261 e. The van der Waals surface area contributed by atoms with Crippen LogP contribution >= 0.6 is 0 Å². The van der Waals surface area contributed by atoms with Crippen LogP contribution in [0.5, 0.6) is 0 Å². The summed E-state index contributed by atoms with van der Waals surface area (Å²) in [5.41, 5.74) is 2.67. The van der Waals surface area contributed by atoms with Crippen molar-refractivity contribution in [2.45, 2.75) is 51.6 Å². The minimum atomic E-state index is -0.698. The number of fused-ring (bicyclic) bond motifs is 1. The van der Waals surface area contributed by atoms with Crippen molar-refractivity contribution in [3.05, 3.63) is 107 Å². The molecule has 39 heavy (non-hydrogen) atoms. The number of carbonyl (C=O) groups is 4. The Morgan fingerprint density at radius 3 is 1.95 bits per heavy atom. The summed E-state index contributed by atoms with van der Waals surface area (Å²) in [6.07, 6.45) is 2.61. The van der Waals surface area contributed by atoms with Crippen LogP contribution in [0.2, 0.25) is 0 Å². The van der Waals surface area contributed by atoms with Gasteiger partial charge in [-0.05, 0) is 36.1 Å². The molecule has 1 N–H and O–H groups in total. The molecule has 202 valence electrons. The molecular weight excluding hydrogens is 490 g/mol. The standard InChI is InChI=1S/C32H35N3O4/c1-2-3-20-33-30(37)28(22-24-13-6-4-7-14-24)35(23-25-15-8-5-9-16-25)29(36)19-12-21-34-31(38)26-17-10-11-18-27(26)32(34)39/h4-11,13-18,28H,2-3,12,19-23H2,1H3,(H,33,37)/t28-/m0/s1. The Balaban J connectivity index is 1.51. The monoisotopic (exact) mass is 525 g/mol. The third-order valence-electron chi connectivity index (χ3n) is 6.95. The molecule has 1 aliphatic rings. The Hall–Kier alpha value is -4.26. The van der Waals surface area contributed by atoms with Gasteiger partial charge in [-0.15, -0.1) is 0 Å². The molecule has 0 aromatic heterocycles. The Morgan fingerprint density at radius 2 is 1.36 bits per heavy atom. The predicted molar refractivity (Wildman–Crippen MR) is 150 cm³/mol. The van der Waals surface area contributed by atoms with Gasteiger partial charge in [-0.25, -0.2) is 0 Å². The van der Waals surface area contributed by atoms with E-state index in [1.807, 2.05) is 60.7 Å². The lowest BCUT2D eigenvalue weighted by Crippen LogP contribution is -2.50. The zero-order valence-electron chi connectivity index (χ0n) is 22.3. The maximum absolute atomic E-state index is 13.7. The first kappa shape index (κ1) is 27.8. The van der Waals surface area contributed by atoms with E-state index >= 15 is 0 Å². The van der Waals surface area contributed by atoms with Crippen molar-refractivity contribution in [2.75, 3.05) is 13.1 Å². The van der Waals surface area contributed by atoms with E-state index in [4.69, 9.17) is 0 Å². The third-order valence-corrected chi connectivity index (χ3v) is 6.95. The second-order valence-electron chi connectivity index (χ2n) is 9.77. The van der Waals surface area contributed by atoms with Gasteiger partial charge in [0.15, 0.2) is 0 Å². The second-order valence-corrected chi connectivity index (χ2v) is 9.77. The molecular formula is C32H35N3O4. The molecule has 0 radical (unpaired) electrons. The van der Waals surface area contributed by atoms with Gasteiger partial charge in [-0.1, -0.05) is 86.1 Å². The van der Waals surface area contributed by atoms with Crippen molar-refractivity contribution >= 4 is 23.6 Å². The highest BCUT2D eigenvalue weighted by atomic mass is 16.2. The van der Waals surface area contributed by atoms with Crippen LogP contribution in [0.15, 0.2) is 84.9 Å². The highest BCUT2D eigenvalue weighted by Gasteiger charge is 2.35. The molecule has 0 saturated heterocycles. The molecule has 1 atom stereocenters. The summed E-state index contributed by atoms with van der Waals surface area (Å²) in [7, 11) is 0. The number of unbranched alkanes of at least 4 members (excludes halogenated alkanes) is 1. The Labute approximate surface area is 229 Å². The zero-order valence-corrected chi connectivity index (χ0v) is 22.3. The summed E-state index contributed by atoms with van der Waals surface area (Å²) in [5.74, 6) is -1.04. The van der Waals surface area contributed by atoms with Gasteiger partial charge in [-0.3, -0.25) is 24.1 Å². The molecule has 3 aromatic carbocycles. The first-order chi connectivity index (χ1) is 19.0. The largest absolute Gasteiger partial charge is 0.354 e. The first-order valence-electron chi connectivity index (χ1n) is 13.6. The fourth-order valence-corrected chi connectivity index (χ4v) is 4.81. The average Bonchev–Trinajstić information content (AvgIpc) is 3.21. The smallest absolute Gasteiger partial charge is 0.261 e. The van der Waals surface area contributed by atoms with E-state index in [2.05, 4.69) is 12.2 Å². The molecule has 0 fully saturated rings. The number of rotatable bonds is 13. The lowest BCUT2D eigenvalue weighted by atomic mass is 10.0. The van der Waals surface area contributed by atoms with Gasteiger partial charge in [-0.2, -0.15) is 0 Å². The number of amides is 4. The molecule has 7 heteroatoms.